The van der Waals surface area contributed by atoms with Gasteiger partial charge >= 0.3 is 0 Å². The van der Waals surface area contributed by atoms with Crippen molar-refractivity contribution >= 4 is 11.9 Å². The molecule has 1 amide bonds. The van der Waals surface area contributed by atoms with Gasteiger partial charge in [0, 0.05) is 11.3 Å². The third kappa shape index (κ3) is 2.83. The van der Waals surface area contributed by atoms with E-state index in [1.54, 1.807) is 35.9 Å². The molecule has 1 aromatic heterocycles. The third-order valence-electron chi connectivity index (χ3n) is 4.51. The van der Waals surface area contributed by atoms with Crippen molar-refractivity contribution in [2.75, 3.05) is 5.32 Å². The van der Waals surface area contributed by atoms with Crippen LogP contribution in [0, 0.1) is 11.3 Å². The van der Waals surface area contributed by atoms with Crippen LogP contribution in [-0.2, 0) is 4.79 Å². The van der Waals surface area contributed by atoms with E-state index >= 15 is 0 Å². The van der Waals surface area contributed by atoms with E-state index in [1.165, 1.54) is 0 Å². The Morgan fingerprint density at radius 3 is 2.52 bits per heavy atom. The van der Waals surface area contributed by atoms with Gasteiger partial charge in [-0.3, -0.25) is 4.79 Å². The summed E-state index contributed by atoms with van der Waals surface area (Å²) in [5.74, 6) is 0.553. The number of nitrogens with one attached hydrogen (secondary N) is 1. The van der Waals surface area contributed by atoms with E-state index in [-0.39, 0.29) is 0 Å². The molecular formula is C20H16N6O. The molecule has 2 aromatic carbocycles. The van der Waals surface area contributed by atoms with Crippen LogP contribution in [0.15, 0.2) is 65.9 Å². The van der Waals surface area contributed by atoms with Crippen molar-refractivity contribution in [2.45, 2.75) is 13.0 Å². The number of nitrogens with zero attached hydrogens (tertiary/aromatic N) is 4. The number of primary amides is 1. The summed E-state index contributed by atoms with van der Waals surface area (Å²) in [6.07, 6.45) is 0. The van der Waals surface area contributed by atoms with E-state index < -0.39 is 11.9 Å². The minimum Gasteiger partial charge on any atom is -0.366 e. The fraction of sp³-hybridized carbons (Fsp3) is 0.100. The predicted molar refractivity (Wildman–Crippen MR) is 100 cm³/mol. The van der Waals surface area contributed by atoms with Crippen LogP contribution in [0.3, 0.4) is 0 Å². The summed E-state index contributed by atoms with van der Waals surface area (Å²) in [5, 5.41) is 16.8. The van der Waals surface area contributed by atoms with E-state index in [9.17, 15) is 4.79 Å². The smallest absolute Gasteiger partial charge is 0.248 e. The lowest BCUT2D eigenvalue weighted by Crippen LogP contribution is -2.31. The molecule has 7 heteroatoms. The Bertz CT molecular complexity index is 1090. The van der Waals surface area contributed by atoms with Crippen molar-refractivity contribution in [3.8, 4) is 17.5 Å². The van der Waals surface area contributed by atoms with Crippen molar-refractivity contribution in [2.24, 2.45) is 5.73 Å². The molecule has 0 aliphatic carbocycles. The Labute approximate surface area is 155 Å². The van der Waals surface area contributed by atoms with Crippen LogP contribution in [0.5, 0.6) is 0 Å². The summed E-state index contributed by atoms with van der Waals surface area (Å²) in [4.78, 5) is 16.7. The number of nitrogens with two attached hydrogens (primary N) is 1. The van der Waals surface area contributed by atoms with Crippen molar-refractivity contribution in [3.05, 3.63) is 77.0 Å². The van der Waals surface area contributed by atoms with E-state index in [2.05, 4.69) is 21.5 Å². The van der Waals surface area contributed by atoms with Crippen molar-refractivity contribution in [1.29, 1.82) is 5.26 Å². The number of carbonyl (C=O) groups excluding carboxylic acids is 1. The highest BCUT2D eigenvalue weighted by molar-refractivity contribution is 5.95. The van der Waals surface area contributed by atoms with E-state index in [0.29, 0.717) is 28.6 Å². The van der Waals surface area contributed by atoms with Crippen LogP contribution >= 0.6 is 0 Å². The second kappa shape index (κ2) is 6.42. The molecular weight excluding hydrogens is 340 g/mol. The number of allylic oxidation sites excluding steroid dienone is 1. The highest BCUT2D eigenvalue weighted by atomic mass is 16.1. The molecule has 4 rings (SSSR count). The molecule has 2 heterocycles. The molecule has 3 aromatic rings. The van der Waals surface area contributed by atoms with Gasteiger partial charge in [-0.25, -0.2) is 4.68 Å². The summed E-state index contributed by atoms with van der Waals surface area (Å²) in [7, 11) is 0. The van der Waals surface area contributed by atoms with Crippen molar-refractivity contribution in [1.82, 2.24) is 14.8 Å². The van der Waals surface area contributed by atoms with Gasteiger partial charge in [-0.1, -0.05) is 42.5 Å². The number of anilines is 1. The third-order valence-corrected chi connectivity index (χ3v) is 4.51. The van der Waals surface area contributed by atoms with Crippen LogP contribution in [-0.4, -0.2) is 20.7 Å². The first-order chi connectivity index (χ1) is 13.1. The number of benzene rings is 2. The molecule has 0 bridgehead atoms. The van der Waals surface area contributed by atoms with Crippen molar-refractivity contribution in [3.63, 3.8) is 0 Å². The van der Waals surface area contributed by atoms with Crippen LogP contribution in [0.1, 0.15) is 24.1 Å². The first kappa shape index (κ1) is 16.5. The Morgan fingerprint density at radius 2 is 1.89 bits per heavy atom. The summed E-state index contributed by atoms with van der Waals surface area (Å²) in [6.45, 7) is 1.79. The standard InChI is InChI=1S/C20H16N6O/c1-12-16(18(22)27)17(14-9-7-13(11-21)8-10-14)26-20(23-12)24-19(25-26)15-5-3-2-4-6-15/h2-10,17H,1H3,(H2,22,27)(H,23,24,25)/t17-/m1/s1. The zero-order valence-electron chi connectivity index (χ0n) is 14.5. The summed E-state index contributed by atoms with van der Waals surface area (Å²) >= 11 is 0. The molecule has 27 heavy (non-hydrogen) atoms. The SMILES string of the molecule is CC1=C(C(N)=O)[C@@H](c2ccc(C#N)cc2)n2nc(-c3ccccc3)nc2N1. The predicted octanol–water partition coefficient (Wildman–Crippen LogP) is 2.59. The lowest BCUT2D eigenvalue weighted by atomic mass is 9.95. The number of hydrogen-bond acceptors (Lipinski definition) is 5. The van der Waals surface area contributed by atoms with E-state index in [0.717, 1.165) is 11.1 Å². The Hall–Kier alpha value is -3.92. The number of rotatable bonds is 3. The van der Waals surface area contributed by atoms with Gasteiger partial charge in [-0.05, 0) is 24.6 Å². The maximum Gasteiger partial charge on any atom is 0.248 e. The second-order valence-electron chi connectivity index (χ2n) is 6.23. The fourth-order valence-electron chi connectivity index (χ4n) is 3.23. The highest BCUT2D eigenvalue weighted by Crippen LogP contribution is 2.36. The van der Waals surface area contributed by atoms with Gasteiger partial charge in [0.1, 0.15) is 6.04 Å². The van der Waals surface area contributed by atoms with Crippen LogP contribution in [0.4, 0.5) is 5.95 Å². The number of carbonyl (C=O) groups is 1. The minimum atomic E-state index is -0.531. The summed E-state index contributed by atoms with van der Waals surface area (Å²) in [6, 6.07) is 18.2. The largest absolute Gasteiger partial charge is 0.366 e. The maximum absolute atomic E-state index is 12.2. The molecule has 0 saturated heterocycles. The highest BCUT2D eigenvalue weighted by Gasteiger charge is 2.33. The first-order valence-corrected chi connectivity index (χ1v) is 8.38. The average molecular weight is 356 g/mol. The lowest BCUT2D eigenvalue weighted by Gasteiger charge is -2.27. The van der Waals surface area contributed by atoms with Gasteiger partial charge in [0.15, 0.2) is 5.82 Å². The maximum atomic E-state index is 12.2. The topological polar surface area (TPSA) is 110 Å². The van der Waals surface area contributed by atoms with Gasteiger partial charge in [0.25, 0.3) is 0 Å². The molecule has 1 aliphatic rings. The zero-order valence-corrected chi connectivity index (χ0v) is 14.5. The molecule has 0 saturated carbocycles. The van der Waals surface area contributed by atoms with Gasteiger partial charge in [0.05, 0.1) is 17.2 Å². The summed E-state index contributed by atoms with van der Waals surface area (Å²) in [5.41, 5.74) is 8.93. The van der Waals surface area contributed by atoms with Gasteiger partial charge in [0.2, 0.25) is 11.9 Å². The fourth-order valence-corrected chi connectivity index (χ4v) is 3.23. The number of fused-ring (bicyclic) bond motifs is 1. The zero-order chi connectivity index (χ0) is 19.0. The summed E-state index contributed by atoms with van der Waals surface area (Å²) < 4.78 is 1.66. The van der Waals surface area contributed by atoms with E-state index in [4.69, 9.17) is 11.0 Å². The molecule has 1 atom stereocenters. The monoisotopic (exact) mass is 356 g/mol. The molecule has 0 fully saturated rings. The number of amides is 1. The minimum absolute atomic E-state index is 0.414. The van der Waals surface area contributed by atoms with Crippen LogP contribution in [0.25, 0.3) is 11.4 Å². The van der Waals surface area contributed by atoms with Gasteiger partial charge in [-0.15, -0.1) is 5.10 Å². The van der Waals surface area contributed by atoms with Crippen molar-refractivity contribution < 1.29 is 4.79 Å². The lowest BCUT2D eigenvalue weighted by molar-refractivity contribution is -0.115. The normalized spacial score (nSPS) is 15.6. The van der Waals surface area contributed by atoms with Crippen LogP contribution in [0.2, 0.25) is 0 Å². The molecule has 7 nitrogen and oxygen atoms in total. The van der Waals surface area contributed by atoms with Gasteiger partial charge < -0.3 is 11.1 Å². The van der Waals surface area contributed by atoms with Crippen LogP contribution < -0.4 is 11.1 Å². The Balaban J connectivity index is 1.88. The van der Waals surface area contributed by atoms with Gasteiger partial charge in [-0.2, -0.15) is 10.2 Å². The Kier molecular flexibility index (Phi) is 3.94. The number of hydrogen-bond donors (Lipinski definition) is 2. The second-order valence-corrected chi connectivity index (χ2v) is 6.23. The molecule has 0 unspecified atom stereocenters. The number of nitriles is 1. The molecule has 132 valence electrons. The van der Waals surface area contributed by atoms with E-state index in [1.807, 2.05) is 30.3 Å². The quantitative estimate of drug-likeness (QED) is 0.749. The number of aromatic nitrogens is 3. The average Bonchev–Trinajstić information content (AvgIpc) is 3.11. The molecule has 0 spiro atoms. The first-order valence-electron chi connectivity index (χ1n) is 8.38. The molecule has 3 N–H and O–H groups in total. The Morgan fingerprint density at radius 1 is 1.19 bits per heavy atom. The molecule has 0 radical (unpaired) electrons. The molecule has 1 aliphatic heterocycles.